The number of carbonyl (C=O) groups is 2. The molecule has 0 bridgehead atoms. The summed E-state index contributed by atoms with van der Waals surface area (Å²) >= 11 is 0. The molecule has 0 unspecified atom stereocenters. The Morgan fingerprint density at radius 2 is 1.49 bits per heavy atom. The van der Waals surface area contributed by atoms with Crippen LogP contribution in [0.2, 0.25) is 0 Å². The van der Waals surface area contributed by atoms with Gasteiger partial charge < -0.3 is 20.0 Å². The lowest BCUT2D eigenvalue weighted by Crippen LogP contribution is -2.43. The Balaban J connectivity index is 0.000000878. The van der Waals surface area contributed by atoms with Crippen molar-refractivity contribution in [3.05, 3.63) is 102 Å². The van der Waals surface area contributed by atoms with Crippen LogP contribution in [0.3, 0.4) is 0 Å². The molecule has 0 spiro atoms. The van der Waals surface area contributed by atoms with Crippen LogP contribution >= 0.6 is 0 Å². The van der Waals surface area contributed by atoms with Gasteiger partial charge in [0.25, 0.3) is 5.91 Å². The molecular weight excluding hydrogens is 582 g/mol. The average Bonchev–Trinajstić information content (AvgIpc) is 3.64. The van der Waals surface area contributed by atoms with E-state index < -0.39 is 0 Å². The highest BCUT2D eigenvalue weighted by molar-refractivity contribution is 5.97. The van der Waals surface area contributed by atoms with Gasteiger partial charge in [-0.2, -0.15) is 0 Å². The Morgan fingerprint density at radius 3 is 2.11 bits per heavy atom. The second-order valence-electron chi connectivity index (χ2n) is 11.5. The number of allylic oxidation sites excluding steroid dienone is 2. The molecule has 1 fully saturated rings. The summed E-state index contributed by atoms with van der Waals surface area (Å²) in [5.41, 5.74) is 5.19. The molecule has 2 aromatic carbocycles. The zero-order valence-electron chi connectivity index (χ0n) is 30.1. The summed E-state index contributed by atoms with van der Waals surface area (Å²) in [6.45, 7) is 25.1. The maximum absolute atomic E-state index is 13.6. The normalized spacial score (nSPS) is 16.3. The summed E-state index contributed by atoms with van der Waals surface area (Å²) < 4.78 is 0. The summed E-state index contributed by atoms with van der Waals surface area (Å²) in [4.78, 5) is 34.9. The van der Waals surface area contributed by atoms with Gasteiger partial charge in [0.1, 0.15) is 0 Å². The number of piperazine rings is 1. The average molecular weight is 644 g/mol. The zero-order valence-corrected chi connectivity index (χ0v) is 30.1. The molecule has 258 valence electrons. The molecule has 0 saturated carbocycles. The summed E-state index contributed by atoms with van der Waals surface area (Å²) in [5, 5.41) is 3.42. The molecule has 5 rings (SSSR count). The molecule has 7 heteroatoms. The van der Waals surface area contributed by atoms with Gasteiger partial charge in [-0.3, -0.25) is 14.5 Å². The predicted octanol–water partition coefficient (Wildman–Crippen LogP) is 7.10. The van der Waals surface area contributed by atoms with Crippen LogP contribution in [0.1, 0.15) is 81.4 Å². The molecule has 3 aliphatic rings. The van der Waals surface area contributed by atoms with E-state index in [2.05, 4.69) is 39.9 Å². The van der Waals surface area contributed by atoms with Crippen LogP contribution in [0, 0.1) is 0 Å². The number of rotatable bonds is 10. The Labute approximate surface area is 286 Å². The maximum Gasteiger partial charge on any atom is 0.254 e. The minimum Gasteiger partial charge on any atom is -0.331 e. The van der Waals surface area contributed by atoms with Crippen molar-refractivity contribution in [3.8, 4) is 0 Å². The summed E-state index contributed by atoms with van der Waals surface area (Å²) in [5.74, 6) is 0.158. The van der Waals surface area contributed by atoms with E-state index in [9.17, 15) is 9.59 Å². The monoisotopic (exact) mass is 643 g/mol. The number of anilines is 1. The molecule has 3 aliphatic heterocycles. The number of nitrogens with zero attached hydrogens (tertiary/aromatic N) is 4. The Kier molecular flexibility index (Phi) is 19.3. The molecule has 7 nitrogen and oxygen atoms in total. The first-order chi connectivity index (χ1) is 23.0. The van der Waals surface area contributed by atoms with Crippen molar-refractivity contribution in [2.24, 2.45) is 0 Å². The highest BCUT2D eigenvalue weighted by Gasteiger charge is 2.27. The van der Waals surface area contributed by atoms with E-state index in [0.29, 0.717) is 31.7 Å². The molecule has 3 heterocycles. The fourth-order valence-electron chi connectivity index (χ4n) is 5.67. The quantitative estimate of drug-likeness (QED) is 0.280. The second kappa shape index (κ2) is 22.9. The van der Waals surface area contributed by atoms with Gasteiger partial charge in [-0.25, -0.2) is 0 Å². The van der Waals surface area contributed by atoms with Gasteiger partial charge in [-0.15, -0.1) is 6.58 Å². The first-order valence-electron chi connectivity index (χ1n) is 17.8. The fourth-order valence-corrected chi connectivity index (χ4v) is 5.67. The van der Waals surface area contributed by atoms with Crippen LogP contribution in [-0.4, -0.2) is 85.4 Å². The molecule has 0 radical (unpaired) electrons. The van der Waals surface area contributed by atoms with Gasteiger partial charge >= 0.3 is 0 Å². The molecule has 2 aromatic rings. The van der Waals surface area contributed by atoms with Gasteiger partial charge in [-0.1, -0.05) is 82.3 Å². The number of carbonyl (C=O) groups excluding carboxylic acids is 2. The first kappa shape index (κ1) is 39.7. The van der Waals surface area contributed by atoms with Crippen LogP contribution in [0.25, 0.3) is 0 Å². The van der Waals surface area contributed by atoms with E-state index in [1.165, 1.54) is 11.1 Å². The number of nitrogens with one attached hydrogen (secondary N) is 1. The first-order valence-corrected chi connectivity index (χ1v) is 17.8. The van der Waals surface area contributed by atoms with Crippen molar-refractivity contribution >= 4 is 17.5 Å². The minimum absolute atomic E-state index is 0.0473. The highest BCUT2D eigenvalue weighted by Crippen LogP contribution is 2.29. The third-order valence-corrected chi connectivity index (χ3v) is 8.27. The van der Waals surface area contributed by atoms with Crippen molar-refractivity contribution in [2.75, 3.05) is 63.8 Å². The van der Waals surface area contributed by atoms with Gasteiger partial charge in [-0.05, 0) is 74.5 Å². The van der Waals surface area contributed by atoms with E-state index in [1.54, 1.807) is 0 Å². The topological polar surface area (TPSA) is 59.1 Å². The van der Waals surface area contributed by atoms with Crippen molar-refractivity contribution in [1.29, 1.82) is 0 Å². The number of benzene rings is 2. The molecule has 1 N–H and O–H groups in total. The van der Waals surface area contributed by atoms with E-state index >= 15 is 0 Å². The second-order valence-corrected chi connectivity index (χ2v) is 11.5. The molecular formula is C40H61N5O2. The van der Waals surface area contributed by atoms with Crippen molar-refractivity contribution in [2.45, 2.75) is 73.9 Å². The number of fused-ring (bicyclic) bond motifs is 1. The molecule has 47 heavy (non-hydrogen) atoms. The standard InChI is InChI=1S/C32H41N5O2.C4H8.2C2H6/c1-2-3-16-35-24-29-13-8-26(7-6-17-34-20-14-33-15-21-34)22-30(29)37(31(38)25-35)23-27-9-11-28(12-10-27)32(39)36-18-4-5-19-36;1-3-4-2;2*1-2/h2,4-5,8-13,22,33H,1,3,6-7,14-21,23-25H2;3-4H,1-2H3;2*1-2H3/b;4-3+;;. The number of hydrogen-bond acceptors (Lipinski definition) is 5. The number of amides is 2. The smallest absolute Gasteiger partial charge is 0.254 e. The van der Waals surface area contributed by atoms with E-state index in [4.69, 9.17) is 0 Å². The molecule has 2 amide bonds. The molecule has 0 atom stereocenters. The summed E-state index contributed by atoms with van der Waals surface area (Å²) in [6.07, 6.45) is 12.9. The van der Waals surface area contributed by atoms with Crippen molar-refractivity contribution < 1.29 is 9.59 Å². The van der Waals surface area contributed by atoms with E-state index in [1.807, 2.05) is 106 Å². The third-order valence-electron chi connectivity index (χ3n) is 8.27. The minimum atomic E-state index is 0.0473. The Bertz CT molecular complexity index is 1250. The zero-order chi connectivity index (χ0) is 34.4. The highest BCUT2D eigenvalue weighted by atomic mass is 16.2. The van der Waals surface area contributed by atoms with Crippen molar-refractivity contribution in [3.63, 3.8) is 0 Å². The Morgan fingerprint density at radius 1 is 0.851 bits per heavy atom. The van der Waals surface area contributed by atoms with Crippen LogP contribution < -0.4 is 10.2 Å². The van der Waals surface area contributed by atoms with Gasteiger partial charge in [0.2, 0.25) is 5.91 Å². The van der Waals surface area contributed by atoms with Crippen LogP contribution in [0.5, 0.6) is 0 Å². The lowest BCUT2D eigenvalue weighted by atomic mass is 10.0. The van der Waals surface area contributed by atoms with Crippen LogP contribution in [0.4, 0.5) is 5.69 Å². The van der Waals surface area contributed by atoms with Gasteiger partial charge in [0.05, 0.1) is 13.1 Å². The third kappa shape index (κ3) is 12.9. The van der Waals surface area contributed by atoms with Gasteiger partial charge in [0.15, 0.2) is 0 Å². The Hall–Kier alpha value is -3.52. The number of aryl methyl sites for hydroxylation is 1. The lowest BCUT2D eigenvalue weighted by Gasteiger charge is -2.27. The molecule has 0 aliphatic carbocycles. The van der Waals surface area contributed by atoms with Gasteiger partial charge in [0, 0.05) is 63.6 Å². The van der Waals surface area contributed by atoms with Crippen LogP contribution in [0.15, 0.2) is 79.4 Å². The summed E-state index contributed by atoms with van der Waals surface area (Å²) in [7, 11) is 0. The van der Waals surface area contributed by atoms with Crippen molar-refractivity contribution in [1.82, 2.24) is 20.0 Å². The predicted molar refractivity (Wildman–Crippen MR) is 200 cm³/mol. The molecule has 0 aromatic heterocycles. The largest absolute Gasteiger partial charge is 0.331 e. The number of hydrogen-bond donors (Lipinski definition) is 1. The summed E-state index contributed by atoms with van der Waals surface area (Å²) in [6, 6.07) is 14.4. The van der Waals surface area contributed by atoms with E-state index in [0.717, 1.165) is 76.3 Å². The van der Waals surface area contributed by atoms with Crippen LogP contribution in [-0.2, 0) is 24.3 Å². The lowest BCUT2D eigenvalue weighted by molar-refractivity contribution is -0.119. The fraction of sp³-hybridized carbons (Fsp3) is 0.500. The maximum atomic E-state index is 13.6. The molecule has 1 saturated heterocycles. The van der Waals surface area contributed by atoms with E-state index in [-0.39, 0.29) is 11.8 Å². The SMILES string of the molecule is C/C=C/C.C=CCCN1CC(=O)N(Cc2ccc(C(=O)N3CC=CC3)cc2)c2cc(CCCN3CCNCC3)ccc2C1.CC.CC.